The molecule has 0 atom stereocenters. The quantitative estimate of drug-likeness (QED) is 0.911. The van der Waals surface area contributed by atoms with Crippen molar-refractivity contribution >= 4 is 33.2 Å². The van der Waals surface area contributed by atoms with Crippen LogP contribution in [0, 0.1) is 0 Å². The Balaban J connectivity index is 2.16. The van der Waals surface area contributed by atoms with E-state index in [1.165, 1.54) is 30.3 Å². The number of amides is 1. The average Bonchev–Trinajstić information content (AvgIpc) is 2.38. The van der Waals surface area contributed by atoms with Gasteiger partial charge in [-0.25, -0.2) is 13.6 Å². The molecule has 7 heteroatoms. The van der Waals surface area contributed by atoms with Crippen molar-refractivity contribution in [3.63, 3.8) is 0 Å². The summed E-state index contributed by atoms with van der Waals surface area (Å²) in [5.74, 6) is -0.337. The number of rotatable bonds is 3. The van der Waals surface area contributed by atoms with E-state index < -0.39 is 10.0 Å². The van der Waals surface area contributed by atoms with Crippen LogP contribution in [0.25, 0.3) is 0 Å². The van der Waals surface area contributed by atoms with Crippen LogP contribution in [0.2, 0.25) is 5.02 Å². The van der Waals surface area contributed by atoms with E-state index in [4.69, 9.17) is 16.7 Å². The molecule has 0 aromatic heterocycles. The smallest absolute Gasteiger partial charge is 0.255 e. The van der Waals surface area contributed by atoms with Crippen LogP contribution >= 0.6 is 11.6 Å². The summed E-state index contributed by atoms with van der Waals surface area (Å²) in [6, 6.07) is 12.1. The topological polar surface area (TPSA) is 89.3 Å². The summed E-state index contributed by atoms with van der Waals surface area (Å²) in [4.78, 5) is 11.9. The molecule has 0 aliphatic carbocycles. The van der Waals surface area contributed by atoms with Crippen molar-refractivity contribution in [3.8, 4) is 0 Å². The van der Waals surface area contributed by atoms with E-state index in [0.29, 0.717) is 16.3 Å². The highest BCUT2D eigenvalue weighted by atomic mass is 35.5. The predicted molar refractivity (Wildman–Crippen MR) is 77.2 cm³/mol. The number of benzene rings is 2. The highest BCUT2D eigenvalue weighted by Crippen LogP contribution is 2.15. The predicted octanol–water partition coefficient (Wildman–Crippen LogP) is 2.24. The highest BCUT2D eigenvalue weighted by Gasteiger charge is 2.09. The summed E-state index contributed by atoms with van der Waals surface area (Å²) in [5, 5.41) is 8.08. The number of nitrogens with one attached hydrogen (secondary N) is 1. The number of sulfonamides is 1. The fraction of sp³-hybridized carbons (Fsp3) is 0. The fourth-order valence-corrected chi connectivity index (χ4v) is 2.27. The molecule has 0 bridgehead atoms. The van der Waals surface area contributed by atoms with Gasteiger partial charge in [-0.05, 0) is 42.5 Å². The molecule has 20 heavy (non-hydrogen) atoms. The molecule has 3 N–H and O–H groups in total. The van der Waals surface area contributed by atoms with E-state index in [1.807, 2.05) is 0 Å². The minimum atomic E-state index is -3.74. The number of primary sulfonamides is 1. The van der Waals surface area contributed by atoms with Crippen LogP contribution in [0.4, 0.5) is 5.69 Å². The van der Waals surface area contributed by atoms with Gasteiger partial charge in [-0.2, -0.15) is 0 Å². The Morgan fingerprint density at radius 3 is 2.30 bits per heavy atom. The van der Waals surface area contributed by atoms with E-state index in [0.717, 1.165) is 0 Å². The van der Waals surface area contributed by atoms with Gasteiger partial charge < -0.3 is 5.32 Å². The summed E-state index contributed by atoms with van der Waals surface area (Å²) < 4.78 is 22.2. The molecule has 0 heterocycles. The maximum atomic E-state index is 11.9. The molecule has 104 valence electrons. The van der Waals surface area contributed by atoms with Gasteiger partial charge in [-0.3, -0.25) is 4.79 Å². The number of hydrogen-bond acceptors (Lipinski definition) is 3. The van der Waals surface area contributed by atoms with Gasteiger partial charge in [0.05, 0.1) is 4.90 Å². The standard InChI is InChI=1S/C13H11ClN2O3S/c14-10-3-1-2-9(8-10)13(17)16-11-4-6-12(7-5-11)20(15,18)19/h1-8H,(H,16,17)(H2,15,18,19). The lowest BCUT2D eigenvalue weighted by Gasteiger charge is -2.06. The summed E-state index contributed by atoms with van der Waals surface area (Å²) in [7, 11) is -3.74. The molecule has 5 nitrogen and oxygen atoms in total. The zero-order valence-corrected chi connectivity index (χ0v) is 11.8. The molecular weight excluding hydrogens is 300 g/mol. The van der Waals surface area contributed by atoms with Gasteiger partial charge >= 0.3 is 0 Å². The van der Waals surface area contributed by atoms with Crippen LogP contribution in [0.3, 0.4) is 0 Å². The first-order valence-electron chi connectivity index (χ1n) is 5.56. The van der Waals surface area contributed by atoms with E-state index >= 15 is 0 Å². The largest absolute Gasteiger partial charge is 0.322 e. The Kier molecular flexibility index (Phi) is 4.08. The minimum absolute atomic E-state index is 0.0155. The normalized spacial score (nSPS) is 11.1. The lowest BCUT2D eigenvalue weighted by atomic mass is 10.2. The number of hydrogen-bond donors (Lipinski definition) is 2. The summed E-state index contributed by atoms with van der Waals surface area (Å²) in [6.45, 7) is 0. The molecule has 2 rings (SSSR count). The van der Waals surface area contributed by atoms with Crippen LogP contribution in [-0.4, -0.2) is 14.3 Å². The molecule has 0 spiro atoms. The van der Waals surface area contributed by atoms with Gasteiger partial charge in [-0.15, -0.1) is 0 Å². The van der Waals surface area contributed by atoms with Crippen LogP contribution in [-0.2, 0) is 10.0 Å². The monoisotopic (exact) mass is 310 g/mol. The molecule has 0 saturated heterocycles. The molecule has 0 fully saturated rings. The molecule has 1 amide bonds. The SMILES string of the molecule is NS(=O)(=O)c1ccc(NC(=O)c2cccc(Cl)c2)cc1. The van der Waals surface area contributed by atoms with Gasteiger partial charge in [0.25, 0.3) is 5.91 Å². The van der Waals surface area contributed by atoms with E-state index in [-0.39, 0.29) is 10.8 Å². The number of halogens is 1. The maximum absolute atomic E-state index is 11.9. The van der Waals surface area contributed by atoms with Gasteiger partial charge in [0.15, 0.2) is 0 Å². The van der Waals surface area contributed by atoms with Gasteiger partial charge in [0.2, 0.25) is 10.0 Å². The average molecular weight is 311 g/mol. The first-order valence-corrected chi connectivity index (χ1v) is 7.48. The second-order valence-electron chi connectivity index (χ2n) is 4.03. The van der Waals surface area contributed by atoms with E-state index in [1.54, 1.807) is 18.2 Å². The Bertz CT molecular complexity index is 742. The minimum Gasteiger partial charge on any atom is -0.322 e. The molecule has 0 unspecified atom stereocenters. The van der Waals surface area contributed by atoms with Crippen molar-refractivity contribution in [2.75, 3.05) is 5.32 Å². The third kappa shape index (κ3) is 3.57. The Morgan fingerprint density at radius 1 is 1.10 bits per heavy atom. The first kappa shape index (κ1) is 14.5. The zero-order chi connectivity index (χ0) is 14.8. The van der Waals surface area contributed by atoms with Crippen molar-refractivity contribution in [2.45, 2.75) is 4.90 Å². The Hall–Kier alpha value is -1.89. The van der Waals surface area contributed by atoms with E-state index in [9.17, 15) is 13.2 Å². The first-order chi connectivity index (χ1) is 9.36. The van der Waals surface area contributed by atoms with Gasteiger partial charge in [0, 0.05) is 16.3 Å². The molecule has 0 aliphatic heterocycles. The molecule has 0 radical (unpaired) electrons. The van der Waals surface area contributed by atoms with Crippen molar-refractivity contribution in [3.05, 3.63) is 59.1 Å². The van der Waals surface area contributed by atoms with Crippen molar-refractivity contribution in [1.29, 1.82) is 0 Å². The highest BCUT2D eigenvalue weighted by molar-refractivity contribution is 7.89. The van der Waals surface area contributed by atoms with Crippen molar-refractivity contribution in [1.82, 2.24) is 0 Å². The zero-order valence-electron chi connectivity index (χ0n) is 10.2. The molecule has 2 aromatic rings. The third-order valence-corrected chi connectivity index (χ3v) is 3.69. The van der Waals surface area contributed by atoms with Crippen molar-refractivity contribution in [2.24, 2.45) is 5.14 Å². The van der Waals surface area contributed by atoms with Crippen LogP contribution in [0.15, 0.2) is 53.4 Å². The van der Waals surface area contributed by atoms with Gasteiger partial charge in [0.1, 0.15) is 0 Å². The molecule has 0 aliphatic rings. The van der Waals surface area contributed by atoms with Crippen molar-refractivity contribution < 1.29 is 13.2 Å². The maximum Gasteiger partial charge on any atom is 0.255 e. The Labute approximate surface area is 121 Å². The second-order valence-corrected chi connectivity index (χ2v) is 6.03. The van der Waals surface area contributed by atoms with Crippen LogP contribution in [0.1, 0.15) is 10.4 Å². The van der Waals surface area contributed by atoms with E-state index in [2.05, 4.69) is 5.32 Å². The number of anilines is 1. The molecule has 0 saturated carbocycles. The summed E-state index contributed by atoms with van der Waals surface area (Å²) >= 11 is 5.80. The number of carbonyl (C=O) groups is 1. The second kappa shape index (κ2) is 5.62. The third-order valence-electron chi connectivity index (χ3n) is 2.53. The summed E-state index contributed by atoms with van der Waals surface area (Å²) in [6.07, 6.45) is 0. The molecule has 2 aromatic carbocycles. The Morgan fingerprint density at radius 2 is 1.75 bits per heavy atom. The van der Waals surface area contributed by atoms with Crippen LogP contribution in [0.5, 0.6) is 0 Å². The summed E-state index contributed by atoms with van der Waals surface area (Å²) in [5.41, 5.74) is 0.871. The lowest BCUT2D eigenvalue weighted by molar-refractivity contribution is 0.102. The fourth-order valence-electron chi connectivity index (χ4n) is 1.56. The number of carbonyl (C=O) groups excluding carboxylic acids is 1. The molecular formula is C13H11ClN2O3S. The van der Waals surface area contributed by atoms with Crippen LogP contribution < -0.4 is 10.5 Å². The van der Waals surface area contributed by atoms with Gasteiger partial charge in [-0.1, -0.05) is 17.7 Å². The lowest BCUT2D eigenvalue weighted by Crippen LogP contribution is -2.13. The number of nitrogens with two attached hydrogens (primary N) is 1.